The summed E-state index contributed by atoms with van der Waals surface area (Å²) in [4.78, 5) is 24.3. The minimum Gasteiger partial charge on any atom is -0.462 e. The molecule has 0 amide bonds. The normalized spacial score (nSPS) is 12.3. The molecule has 0 saturated heterocycles. The van der Waals surface area contributed by atoms with E-state index in [-0.39, 0.29) is 25.2 Å². The number of aliphatic hydroxyl groups excluding tert-OH is 1. The molecule has 0 radical (unpaired) electrons. The van der Waals surface area contributed by atoms with Crippen molar-refractivity contribution < 1.29 is 24.2 Å². The largest absolute Gasteiger partial charge is 0.462 e. The third-order valence-corrected chi connectivity index (χ3v) is 11.7. The Kier molecular flexibility index (Phi) is 48.4. The summed E-state index contributed by atoms with van der Waals surface area (Å²) in [5.74, 6) is -0.579. The van der Waals surface area contributed by atoms with Crippen LogP contribution < -0.4 is 0 Å². The van der Waals surface area contributed by atoms with Gasteiger partial charge in [0.15, 0.2) is 6.10 Å². The van der Waals surface area contributed by atoms with Crippen molar-refractivity contribution in [3.05, 3.63) is 24.3 Å². The maximum Gasteiger partial charge on any atom is 0.306 e. The lowest BCUT2D eigenvalue weighted by Gasteiger charge is -2.15. The summed E-state index contributed by atoms with van der Waals surface area (Å²) < 4.78 is 10.6. The first kappa shape index (κ1) is 56.4. The van der Waals surface area contributed by atoms with Gasteiger partial charge in [0.25, 0.3) is 0 Å². The summed E-state index contributed by atoms with van der Waals surface area (Å²) in [6, 6.07) is 0. The molecule has 1 atom stereocenters. The van der Waals surface area contributed by atoms with Crippen LogP contribution in [0.15, 0.2) is 24.3 Å². The first-order chi connectivity index (χ1) is 28.6. The molecule has 0 rings (SSSR count). The van der Waals surface area contributed by atoms with Gasteiger partial charge in [-0.3, -0.25) is 9.59 Å². The van der Waals surface area contributed by atoms with Crippen LogP contribution in [0.1, 0.15) is 284 Å². The molecule has 5 heteroatoms. The molecule has 1 N–H and O–H groups in total. The fourth-order valence-corrected chi connectivity index (χ4v) is 7.82. The quantitative estimate of drug-likeness (QED) is 0.0376. The van der Waals surface area contributed by atoms with Crippen LogP contribution in [-0.2, 0) is 19.1 Å². The second-order valence-corrected chi connectivity index (χ2v) is 17.6. The van der Waals surface area contributed by atoms with Gasteiger partial charge in [-0.2, -0.15) is 0 Å². The summed E-state index contributed by atoms with van der Waals surface area (Å²) in [7, 11) is 0. The van der Waals surface area contributed by atoms with Crippen molar-refractivity contribution in [3.63, 3.8) is 0 Å². The summed E-state index contributed by atoms with van der Waals surface area (Å²) in [5.41, 5.74) is 0. The average Bonchev–Trinajstić information content (AvgIpc) is 3.23. The minimum absolute atomic E-state index is 0.0593. The number of hydrogen-bond acceptors (Lipinski definition) is 5. The van der Waals surface area contributed by atoms with Crippen molar-refractivity contribution in [2.45, 2.75) is 290 Å². The average molecular weight is 817 g/mol. The molecular formula is C53H100O5. The minimum atomic E-state index is -0.764. The third-order valence-electron chi connectivity index (χ3n) is 11.7. The zero-order chi connectivity index (χ0) is 42.1. The maximum atomic E-state index is 12.2. The summed E-state index contributed by atoms with van der Waals surface area (Å²) >= 11 is 0. The second kappa shape index (κ2) is 49.7. The predicted octanol–water partition coefficient (Wildman–Crippen LogP) is 17.0. The van der Waals surface area contributed by atoms with E-state index in [0.29, 0.717) is 12.8 Å². The number of carbonyl (C=O) groups excluding carboxylic acids is 2. The number of ether oxygens (including phenoxy) is 2. The van der Waals surface area contributed by atoms with Gasteiger partial charge in [0.2, 0.25) is 0 Å². The Hall–Kier alpha value is -1.62. The van der Waals surface area contributed by atoms with Crippen molar-refractivity contribution >= 4 is 11.9 Å². The Balaban J connectivity index is 3.35. The first-order valence-corrected chi connectivity index (χ1v) is 25.9. The molecule has 0 aromatic rings. The second-order valence-electron chi connectivity index (χ2n) is 17.6. The highest BCUT2D eigenvalue weighted by atomic mass is 16.6. The van der Waals surface area contributed by atoms with Crippen LogP contribution in [0.4, 0.5) is 0 Å². The van der Waals surface area contributed by atoms with E-state index in [2.05, 4.69) is 38.2 Å². The number of hydrogen-bond donors (Lipinski definition) is 1. The number of carbonyl (C=O) groups is 2. The SMILES string of the molecule is CCCCCCC/C=C\C/C=C\CCCCCCCCCCCCCCCCCCCCCCCCCC(=O)OC(CO)COC(=O)CCCCCCCCCCC. The Morgan fingerprint density at radius 1 is 0.397 bits per heavy atom. The highest BCUT2D eigenvalue weighted by Crippen LogP contribution is 2.17. The van der Waals surface area contributed by atoms with Crippen LogP contribution in [0.3, 0.4) is 0 Å². The van der Waals surface area contributed by atoms with Gasteiger partial charge in [-0.25, -0.2) is 0 Å². The van der Waals surface area contributed by atoms with Crippen molar-refractivity contribution in [2.24, 2.45) is 0 Å². The standard InChI is InChI=1S/C53H100O5/c1-3-5-7-9-11-13-14-15-16-17-18-19-20-21-22-23-24-25-26-27-28-29-30-31-32-33-34-35-36-37-38-40-42-44-46-48-53(56)58-51(49-54)50-57-52(55)47-45-43-41-39-12-10-8-6-4-2/h14-15,17-18,51,54H,3-13,16,19-50H2,1-2H3/b15-14-,18-17-. The van der Waals surface area contributed by atoms with E-state index in [1.807, 2.05) is 0 Å². The molecule has 0 saturated carbocycles. The van der Waals surface area contributed by atoms with Crippen LogP contribution in [0.5, 0.6) is 0 Å². The van der Waals surface area contributed by atoms with E-state index in [0.717, 1.165) is 44.9 Å². The number of allylic oxidation sites excluding steroid dienone is 4. The Morgan fingerprint density at radius 2 is 0.690 bits per heavy atom. The summed E-state index contributed by atoms with van der Waals surface area (Å²) in [5, 5.41) is 9.57. The number of rotatable bonds is 48. The molecule has 0 heterocycles. The van der Waals surface area contributed by atoms with E-state index in [1.165, 1.54) is 212 Å². The van der Waals surface area contributed by atoms with Gasteiger partial charge in [-0.1, -0.05) is 250 Å². The van der Waals surface area contributed by atoms with Crippen molar-refractivity contribution in [1.29, 1.82) is 0 Å². The molecule has 0 fully saturated rings. The van der Waals surface area contributed by atoms with Gasteiger partial charge in [0, 0.05) is 12.8 Å². The molecule has 0 aliphatic heterocycles. The molecule has 58 heavy (non-hydrogen) atoms. The fourth-order valence-electron chi connectivity index (χ4n) is 7.82. The lowest BCUT2D eigenvalue weighted by atomic mass is 10.0. The fraction of sp³-hybridized carbons (Fsp3) is 0.887. The van der Waals surface area contributed by atoms with E-state index in [4.69, 9.17) is 9.47 Å². The highest BCUT2D eigenvalue weighted by molar-refractivity contribution is 5.70. The Labute approximate surface area is 362 Å². The molecule has 0 aliphatic carbocycles. The first-order valence-electron chi connectivity index (χ1n) is 25.9. The monoisotopic (exact) mass is 817 g/mol. The lowest BCUT2D eigenvalue weighted by molar-refractivity contribution is -0.161. The van der Waals surface area contributed by atoms with E-state index in [1.54, 1.807) is 0 Å². The topological polar surface area (TPSA) is 72.8 Å². The molecule has 5 nitrogen and oxygen atoms in total. The highest BCUT2D eigenvalue weighted by Gasteiger charge is 2.16. The van der Waals surface area contributed by atoms with Gasteiger partial charge in [-0.15, -0.1) is 0 Å². The third kappa shape index (κ3) is 47.1. The molecule has 1 unspecified atom stereocenters. The zero-order valence-corrected chi connectivity index (χ0v) is 39.1. The smallest absolute Gasteiger partial charge is 0.306 e. The van der Waals surface area contributed by atoms with Crippen LogP contribution in [0, 0.1) is 0 Å². The molecule has 0 aliphatic rings. The molecule has 0 spiro atoms. The number of esters is 2. The van der Waals surface area contributed by atoms with Crippen LogP contribution in [-0.4, -0.2) is 36.4 Å². The van der Waals surface area contributed by atoms with Gasteiger partial charge < -0.3 is 14.6 Å². The van der Waals surface area contributed by atoms with Gasteiger partial charge in [-0.05, 0) is 44.9 Å². The molecule has 0 aromatic carbocycles. The molecule has 0 aromatic heterocycles. The van der Waals surface area contributed by atoms with Crippen LogP contribution in [0.25, 0.3) is 0 Å². The van der Waals surface area contributed by atoms with Gasteiger partial charge in [0.1, 0.15) is 6.61 Å². The molecular weight excluding hydrogens is 717 g/mol. The number of aliphatic hydroxyl groups is 1. The molecule has 342 valence electrons. The van der Waals surface area contributed by atoms with Crippen molar-refractivity contribution in [1.82, 2.24) is 0 Å². The van der Waals surface area contributed by atoms with Crippen LogP contribution >= 0.6 is 0 Å². The lowest BCUT2D eigenvalue weighted by Crippen LogP contribution is -2.28. The van der Waals surface area contributed by atoms with Gasteiger partial charge >= 0.3 is 11.9 Å². The number of unbranched alkanes of at least 4 members (excludes halogenated alkanes) is 36. The maximum absolute atomic E-state index is 12.2. The summed E-state index contributed by atoms with van der Waals surface area (Å²) in [6.07, 6.45) is 61.7. The zero-order valence-electron chi connectivity index (χ0n) is 39.1. The van der Waals surface area contributed by atoms with Crippen molar-refractivity contribution in [3.8, 4) is 0 Å². The van der Waals surface area contributed by atoms with E-state index in [9.17, 15) is 14.7 Å². The van der Waals surface area contributed by atoms with Gasteiger partial charge in [0.05, 0.1) is 6.61 Å². The van der Waals surface area contributed by atoms with Crippen molar-refractivity contribution in [2.75, 3.05) is 13.2 Å². The van der Waals surface area contributed by atoms with Crippen LogP contribution in [0.2, 0.25) is 0 Å². The Morgan fingerprint density at radius 3 is 1.02 bits per heavy atom. The molecule has 0 bridgehead atoms. The predicted molar refractivity (Wildman–Crippen MR) is 251 cm³/mol. The van der Waals surface area contributed by atoms with E-state index < -0.39 is 6.10 Å². The van der Waals surface area contributed by atoms with E-state index >= 15 is 0 Å². The summed E-state index contributed by atoms with van der Waals surface area (Å²) in [6.45, 7) is 4.13. The Bertz CT molecular complexity index is 882.